The normalized spacial score (nSPS) is 17.9. The second kappa shape index (κ2) is 5.04. The number of aromatic nitrogens is 2. The highest BCUT2D eigenvalue weighted by Gasteiger charge is 2.34. The average molecular weight is 312 g/mol. The highest BCUT2D eigenvalue weighted by Crippen LogP contribution is 2.42. The quantitative estimate of drug-likeness (QED) is 0.764. The molecule has 118 valence electrons. The minimum absolute atomic E-state index is 0.0405. The van der Waals surface area contributed by atoms with Gasteiger partial charge >= 0.3 is 0 Å². The SMILES string of the molecule is CN1c2cc(F)ccc2C(c2cc3nccc(CO)c3[nH]2)N1C. The van der Waals surface area contributed by atoms with Gasteiger partial charge in [-0.15, -0.1) is 0 Å². The van der Waals surface area contributed by atoms with Gasteiger partial charge in [0.15, 0.2) is 0 Å². The maximum atomic E-state index is 13.6. The van der Waals surface area contributed by atoms with Crippen molar-refractivity contribution in [2.24, 2.45) is 0 Å². The van der Waals surface area contributed by atoms with Crippen LogP contribution in [0.3, 0.4) is 0 Å². The number of fused-ring (bicyclic) bond motifs is 2. The zero-order chi connectivity index (χ0) is 16.1. The predicted octanol–water partition coefficient (Wildman–Crippen LogP) is 2.58. The fourth-order valence-corrected chi connectivity index (χ4v) is 3.32. The first-order chi connectivity index (χ1) is 11.1. The van der Waals surface area contributed by atoms with Crippen molar-refractivity contribution in [2.45, 2.75) is 12.6 Å². The molecule has 0 bridgehead atoms. The number of hydrazine groups is 1. The number of hydrogen-bond donors (Lipinski definition) is 2. The first-order valence-corrected chi connectivity index (χ1v) is 7.43. The van der Waals surface area contributed by atoms with Crippen molar-refractivity contribution in [3.05, 3.63) is 59.2 Å². The zero-order valence-electron chi connectivity index (χ0n) is 12.9. The number of anilines is 1. The van der Waals surface area contributed by atoms with Crippen molar-refractivity contribution in [2.75, 3.05) is 19.1 Å². The Bertz CT molecular complexity index is 891. The topological polar surface area (TPSA) is 55.4 Å². The summed E-state index contributed by atoms with van der Waals surface area (Å²) >= 11 is 0. The van der Waals surface area contributed by atoms with E-state index in [2.05, 4.69) is 9.97 Å². The smallest absolute Gasteiger partial charge is 0.125 e. The highest BCUT2D eigenvalue weighted by molar-refractivity contribution is 5.80. The molecule has 0 saturated heterocycles. The van der Waals surface area contributed by atoms with Gasteiger partial charge in [-0.25, -0.2) is 9.40 Å². The van der Waals surface area contributed by atoms with E-state index in [1.807, 2.05) is 36.2 Å². The van der Waals surface area contributed by atoms with Crippen molar-refractivity contribution >= 4 is 16.7 Å². The lowest BCUT2D eigenvalue weighted by Gasteiger charge is -2.26. The Balaban J connectivity index is 1.88. The molecule has 1 unspecified atom stereocenters. The molecule has 2 N–H and O–H groups in total. The fourth-order valence-electron chi connectivity index (χ4n) is 3.32. The van der Waals surface area contributed by atoms with Gasteiger partial charge in [-0.05, 0) is 24.3 Å². The summed E-state index contributed by atoms with van der Waals surface area (Å²) in [7, 11) is 3.88. The van der Waals surface area contributed by atoms with Crippen LogP contribution in [0.4, 0.5) is 10.1 Å². The van der Waals surface area contributed by atoms with Crippen molar-refractivity contribution in [1.82, 2.24) is 15.0 Å². The summed E-state index contributed by atoms with van der Waals surface area (Å²) in [6.07, 6.45) is 1.69. The summed E-state index contributed by atoms with van der Waals surface area (Å²) in [5.41, 5.74) is 5.33. The molecule has 0 fully saturated rings. The van der Waals surface area contributed by atoms with Gasteiger partial charge in [-0.1, -0.05) is 6.07 Å². The summed E-state index contributed by atoms with van der Waals surface area (Å²) < 4.78 is 13.6. The molecule has 0 aliphatic carbocycles. The Labute approximate surface area is 133 Å². The lowest BCUT2D eigenvalue weighted by molar-refractivity contribution is 0.283. The van der Waals surface area contributed by atoms with Gasteiger partial charge in [0.1, 0.15) is 5.82 Å². The van der Waals surface area contributed by atoms with E-state index in [4.69, 9.17) is 0 Å². The van der Waals surface area contributed by atoms with E-state index in [-0.39, 0.29) is 18.5 Å². The second-order valence-corrected chi connectivity index (χ2v) is 5.82. The predicted molar refractivity (Wildman–Crippen MR) is 86.4 cm³/mol. The summed E-state index contributed by atoms with van der Waals surface area (Å²) in [4.78, 5) is 7.74. The third kappa shape index (κ3) is 2.03. The van der Waals surface area contributed by atoms with Crippen molar-refractivity contribution in [3.63, 3.8) is 0 Å². The lowest BCUT2D eigenvalue weighted by atomic mass is 10.0. The molecule has 3 heterocycles. The number of aromatic amines is 1. The number of H-pyrrole nitrogens is 1. The molecule has 1 atom stereocenters. The number of benzene rings is 1. The van der Waals surface area contributed by atoms with E-state index in [0.29, 0.717) is 0 Å². The molecule has 4 rings (SSSR count). The van der Waals surface area contributed by atoms with Crippen LogP contribution < -0.4 is 5.01 Å². The van der Waals surface area contributed by atoms with Gasteiger partial charge in [0, 0.05) is 37.1 Å². The number of hydrogen-bond acceptors (Lipinski definition) is 4. The van der Waals surface area contributed by atoms with Gasteiger partial charge in [-0.3, -0.25) is 4.98 Å². The minimum atomic E-state index is -0.245. The monoisotopic (exact) mass is 312 g/mol. The van der Waals surface area contributed by atoms with Gasteiger partial charge in [0.2, 0.25) is 0 Å². The fraction of sp³-hybridized carbons (Fsp3) is 0.235. The second-order valence-electron chi connectivity index (χ2n) is 5.82. The molecular weight excluding hydrogens is 295 g/mol. The Morgan fingerprint density at radius 2 is 2.09 bits per heavy atom. The summed E-state index contributed by atoms with van der Waals surface area (Å²) in [5.74, 6) is -0.245. The number of aliphatic hydroxyl groups is 1. The molecule has 23 heavy (non-hydrogen) atoms. The highest BCUT2D eigenvalue weighted by atomic mass is 19.1. The third-order valence-corrected chi connectivity index (χ3v) is 4.58. The molecule has 6 heteroatoms. The Hall–Kier alpha value is -2.44. The van der Waals surface area contributed by atoms with Gasteiger partial charge in [0.05, 0.1) is 29.4 Å². The van der Waals surface area contributed by atoms with E-state index in [1.54, 1.807) is 18.3 Å². The maximum Gasteiger partial charge on any atom is 0.125 e. The lowest BCUT2D eigenvalue weighted by Crippen LogP contribution is -2.33. The average Bonchev–Trinajstić information content (AvgIpc) is 3.07. The molecule has 5 nitrogen and oxygen atoms in total. The van der Waals surface area contributed by atoms with Crippen LogP contribution in [0.5, 0.6) is 0 Å². The number of halogens is 1. The first-order valence-electron chi connectivity index (χ1n) is 7.43. The number of aliphatic hydroxyl groups excluding tert-OH is 1. The van der Waals surface area contributed by atoms with Crippen LogP contribution in [-0.2, 0) is 6.61 Å². The first kappa shape index (κ1) is 14.2. The molecule has 1 aliphatic heterocycles. The summed E-state index contributed by atoms with van der Waals surface area (Å²) in [6.45, 7) is -0.0405. The van der Waals surface area contributed by atoms with Crippen molar-refractivity contribution in [1.29, 1.82) is 0 Å². The molecule has 1 aromatic carbocycles. The van der Waals surface area contributed by atoms with Crippen LogP contribution in [-0.4, -0.2) is 34.2 Å². The standard InChI is InChI=1S/C17H17FN4O/c1-21-15-7-11(18)3-4-12(15)17(22(21)2)14-8-13-16(20-14)10(9-23)5-6-19-13/h3-8,17,20,23H,9H2,1-2H3. The molecule has 0 saturated carbocycles. The van der Waals surface area contributed by atoms with E-state index in [0.717, 1.165) is 33.5 Å². The van der Waals surface area contributed by atoms with Gasteiger partial charge < -0.3 is 15.1 Å². The summed E-state index contributed by atoms with van der Waals surface area (Å²) in [5, 5.41) is 13.5. The Morgan fingerprint density at radius 1 is 1.26 bits per heavy atom. The Kier molecular flexibility index (Phi) is 3.11. The Morgan fingerprint density at radius 3 is 2.87 bits per heavy atom. The van der Waals surface area contributed by atoms with Crippen LogP contribution in [0.2, 0.25) is 0 Å². The molecule has 0 spiro atoms. The van der Waals surface area contributed by atoms with E-state index < -0.39 is 0 Å². The number of nitrogens with zero attached hydrogens (tertiary/aromatic N) is 3. The zero-order valence-corrected chi connectivity index (χ0v) is 12.9. The molecule has 2 aromatic heterocycles. The van der Waals surface area contributed by atoms with Gasteiger partial charge in [0.25, 0.3) is 0 Å². The van der Waals surface area contributed by atoms with E-state index >= 15 is 0 Å². The molecule has 0 amide bonds. The summed E-state index contributed by atoms with van der Waals surface area (Å²) in [6, 6.07) is 8.60. The number of pyridine rings is 1. The molecule has 3 aromatic rings. The maximum absolute atomic E-state index is 13.6. The van der Waals surface area contributed by atoms with Crippen LogP contribution in [0, 0.1) is 5.82 Å². The molecule has 0 radical (unpaired) electrons. The van der Waals surface area contributed by atoms with E-state index in [1.165, 1.54) is 6.07 Å². The van der Waals surface area contributed by atoms with Crippen molar-refractivity contribution < 1.29 is 9.50 Å². The number of nitrogens with one attached hydrogen (secondary N) is 1. The number of rotatable bonds is 2. The van der Waals surface area contributed by atoms with Crippen molar-refractivity contribution in [3.8, 4) is 0 Å². The van der Waals surface area contributed by atoms with Crippen LogP contribution in [0.25, 0.3) is 11.0 Å². The van der Waals surface area contributed by atoms with Crippen LogP contribution in [0.1, 0.15) is 22.9 Å². The largest absolute Gasteiger partial charge is 0.392 e. The van der Waals surface area contributed by atoms with Gasteiger partial charge in [-0.2, -0.15) is 0 Å². The minimum Gasteiger partial charge on any atom is -0.392 e. The molecular formula is C17H17FN4O. The van der Waals surface area contributed by atoms with Crippen LogP contribution >= 0.6 is 0 Å². The third-order valence-electron chi connectivity index (χ3n) is 4.58. The van der Waals surface area contributed by atoms with E-state index in [9.17, 15) is 9.50 Å². The van der Waals surface area contributed by atoms with Crippen LogP contribution in [0.15, 0.2) is 36.5 Å². The molecule has 1 aliphatic rings.